The molecule has 0 aliphatic carbocycles. The number of rotatable bonds is 6. The van der Waals surface area contributed by atoms with Crippen molar-refractivity contribution < 1.29 is 9.59 Å². The molecule has 1 aromatic rings. The van der Waals surface area contributed by atoms with E-state index in [9.17, 15) is 9.59 Å². The van der Waals surface area contributed by atoms with E-state index in [4.69, 9.17) is 0 Å². The van der Waals surface area contributed by atoms with Crippen LogP contribution in [0, 0.1) is 5.92 Å². The Morgan fingerprint density at radius 3 is 2.16 bits per heavy atom. The first-order valence-electron chi connectivity index (χ1n) is 6.88. The third kappa shape index (κ3) is 3.66. The molecule has 0 saturated carbocycles. The SMILES string of the molecule is CCC(C)C(=O)C(c1ccccc1)N(CC)C(C)=O. The van der Waals surface area contributed by atoms with E-state index in [2.05, 4.69) is 0 Å². The van der Waals surface area contributed by atoms with E-state index in [1.165, 1.54) is 6.92 Å². The summed E-state index contributed by atoms with van der Waals surface area (Å²) in [5.74, 6) is 0.0114. The highest BCUT2D eigenvalue weighted by Gasteiger charge is 2.30. The average molecular weight is 261 g/mol. The standard InChI is InChI=1S/C16H23NO2/c1-5-12(3)16(19)15(17(6-2)13(4)18)14-10-8-7-9-11-14/h7-12,15H,5-6H2,1-4H3. The molecule has 0 aliphatic heterocycles. The molecule has 1 amide bonds. The van der Waals surface area contributed by atoms with Crippen LogP contribution in [-0.2, 0) is 9.59 Å². The van der Waals surface area contributed by atoms with Gasteiger partial charge in [-0.3, -0.25) is 9.59 Å². The first kappa shape index (κ1) is 15.4. The van der Waals surface area contributed by atoms with E-state index in [-0.39, 0.29) is 17.6 Å². The molecular weight excluding hydrogens is 238 g/mol. The van der Waals surface area contributed by atoms with Gasteiger partial charge >= 0.3 is 0 Å². The van der Waals surface area contributed by atoms with Crippen LogP contribution in [-0.4, -0.2) is 23.1 Å². The Kier molecular flexibility index (Phi) is 5.74. The second-order valence-electron chi connectivity index (χ2n) is 4.83. The Morgan fingerprint density at radius 2 is 1.74 bits per heavy atom. The van der Waals surface area contributed by atoms with Gasteiger partial charge in [-0.05, 0) is 18.9 Å². The molecule has 0 N–H and O–H groups in total. The minimum Gasteiger partial charge on any atom is -0.329 e. The molecule has 104 valence electrons. The molecule has 1 rings (SSSR count). The lowest BCUT2D eigenvalue weighted by Gasteiger charge is -2.31. The number of ketones is 1. The van der Waals surface area contributed by atoms with Crippen LogP contribution in [0.3, 0.4) is 0 Å². The topological polar surface area (TPSA) is 37.4 Å². The van der Waals surface area contributed by atoms with E-state index in [1.807, 2.05) is 51.1 Å². The normalized spacial score (nSPS) is 13.7. The molecule has 3 nitrogen and oxygen atoms in total. The van der Waals surface area contributed by atoms with Gasteiger partial charge in [0.05, 0.1) is 0 Å². The molecule has 0 bridgehead atoms. The number of Topliss-reactive ketones (excluding diaryl/α,β-unsaturated/α-hetero) is 1. The lowest BCUT2D eigenvalue weighted by atomic mass is 9.91. The maximum absolute atomic E-state index is 12.6. The predicted molar refractivity (Wildman–Crippen MR) is 76.7 cm³/mol. The number of benzene rings is 1. The highest BCUT2D eigenvalue weighted by Crippen LogP contribution is 2.26. The minimum atomic E-state index is -0.460. The predicted octanol–water partition coefficient (Wildman–Crippen LogP) is 3.21. The number of carbonyl (C=O) groups is 2. The van der Waals surface area contributed by atoms with Crippen molar-refractivity contribution in [1.29, 1.82) is 0 Å². The monoisotopic (exact) mass is 261 g/mol. The van der Waals surface area contributed by atoms with Crippen LogP contribution in [0.25, 0.3) is 0 Å². The van der Waals surface area contributed by atoms with Crippen LogP contribution in [0.5, 0.6) is 0 Å². The zero-order chi connectivity index (χ0) is 14.4. The van der Waals surface area contributed by atoms with Gasteiger partial charge in [0.15, 0.2) is 5.78 Å². The summed E-state index contributed by atoms with van der Waals surface area (Å²) in [5.41, 5.74) is 0.893. The van der Waals surface area contributed by atoms with Crippen LogP contribution in [0.2, 0.25) is 0 Å². The van der Waals surface area contributed by atoms with E-state index >= 15 is 0 Å². The molecule has 0 radical (unpaired) electrons. The summed E-state index contributed by atoms with van der Waals surface area (Å²) in [7, 11) is 0. The summed E-state index contributed by atoms with van der Waals surface area (Å²) >= 11 is 0. The number of carbonyl (C=O) groups excluding carboxylic acids is 2. The summed E-state index contributed by atoms with van der Waals surface area (Å²) in [5, 5.41) is 0. The quantitative estimate of drug-likeness (QED) is 0.788. The maximum atomic E-state index is 12.6. The smallest absolute Gasteiger partial charge is 0.220 e. The third-order valence-electron chi connectivity index (χ3n) is 3.54. The summed E-state index contributed by atoms with van der Waals surface area (Å²) in [4.78, 5) is 26.0. The number of nitrogens with zero attached hydrogens (tertiary/aromatic N) is 1. The van der Waals surface area contributed by atoms with Crippen LogP contribution >= 0.6 is 0 Å². The van der Waals surface area contributed by atoms with Gasteiger partial charge in [-0.25, -0.2) is 0 Å². The van der Waals surface area contributed by atoms with Crippen LogP contribution in [0.1, 0.15) is 45.7 Å². The van der Waals surface area contributed by atoms with Gasteiger partial charge in [0.25, 0.3) is 0 Å². The van der Waals surface area contributed by atoms with Crippen LogP contribution < -0.4 is 0 Å². The van der Waals surface area contributed by atoms with E-state index in [0.717, 1.165) is 12.0 Å². The highest BCUT2D eigenvalue weighted by molar-refractivity contribution is 5.90. The van der Waals surface area contributed by atoms with E-state index < -0.39 is 6.04 Å². The van der Waals surface area contributed by atoms with Gasteiger partial charge in [-0.1, -0.05) is 44.2 Å². The third-order valence-corrected chi connectivity index (χ3v) is 3.54. The summed E-state index contributed by atoms with van der Waals surface area (Å²) in [6.45, 7) is 7.88. The molecule has 3 heteroatoms. The fourth-order valence-electron chi connectivity index (χ4n) is 2.19. The molecule has 0 aliphatic rings. The summed E-state index contributed by atoms with van der Waals surface area (Å²) < 4.78 is 0. The number of amides is 1. The van der Waals surface area contributed by atoms with Crippen LogP contribution in [0.15, 0.2) is 30.3 Å². The summed E-state index contributed by atoms with van der Waals surface area (Å²) in [6, 6.07) is 9.09. The molecule has 2 atom stereocenters. The Labute approximate surface area is 115 Å². The molecule has 0 heterocycles. The molecule has 0 aromatic heterocycles. The second-order valence-corrected chi connectivity index (χ2v) is 4.83. The second kappa shape index (κ2) is 7.07. The van der Waals surface area contributed by atoms with Crippen molar-refractivity contribution in [3.05, 3.63) is 35.9 Å². The Hall–Kier alpha value is -1.64. The van der Waals surface area contributed by atoms with Crippen molar-refractivity contribution in [1.82, 2.24) is 4.90 Å². The fourth-order valence-corrected chi connectivity index (χ4v) is 2.19. The lowest BCUT2D eigenvalue weighted by molar-refractivity contribution is -0.139. The van der Waals surface area contributed by atoms with E-state index in [0.29, 0.717) is 6.54 Å². The molecule has 19 heavy (non-hydrogen) atoms. The molecule has 0 saturated heterocycles. The molecule has 1 aromatic carbocycles. The van der Waals surface area contributed by atoms with Crippen molar-refractivity contribution in [2.75, 3.05) is 6.54 Å². The first-order valence-corrected chi connectivity index (χ1v) is 6.88. The Bertz CT molecular complexity index is 428. The Balaban J connectivity index is 3.18. The maximum Gasteiger partial charge on any atom is 0.220 e. The fraction of sp³-hybridized carbons (Fsp3) is 0.500. The van der Waals surface area contributed by atoms with Gasteiger partial charge in [-0.2, -0.15) is 0 Å². The minimum absolute atomic E-state index is 0.0430. The Morgan fingerprint density at radius 1 is 1.16 bits per heavy atom. The van der Waals surface area contributed by atoms with Gasteiger partial charge in [0, 0.05) is 19.4 Å². The van der Waals surface area contributed by atoms with Crippen molar-refractivity contribution in [3.8, 4) is 0 Å². The van der Waals surface area contributed by atoms with Crippen molar-refractivity contribution in [2.24, 2.45) is 5.92 Å². The zero-order valence-electron chi connectivity index (χ0n) is 12.2. The number of hydrogen-bond donors (Lipinski definition) is 0. The molecule has 2 unspecified atom stereocenters. The molecular formula is C16H23NO2. The largest absolute Gasteiger partial charge is 0.329 e. The zero-order valence-corrected chi connectivity index (χ0v) is 12.2. The summed E-state index contributed by atoms with van der Waals surface area (Å²) in [6.07, 6.45) is 0.789. The van der Waals surface area contributed by atoms with E-state index in [1.54, 1.807) is 4.90 Å². The van der Waals surface area contributed by atoms with Gasteiger partial charge in [-0.15, -0.1) is 0 Å². The van der Waals surface area contributed by atoms with Crippen LogP contribution in [0.4, 0.5) is 0 Å². The van der Waals surface area contributed by atoms with Gasteiger partial charge < -0.3 is 4.90 Å². The molecule has 0 fully saturated rings. The number of hydrogen-bond acceptors (Lipinski definition) is 2. The number of likely N-dealkylation sites (N-methyl/N-ethyl adjacent to an activating group) is 1. The van der Waals surface area contributed by atoms with Gasteiger partial charge in [0.1, 0.15) is 6.04 Å². The lowest BCUT2D eigenvalue weighted by Crippen LogP contribution is -2.39. The van der Waals surface area contributed by atoms with Gasteiger partial charge in [0.2, 0.25) is 5.91 Å². The van der Waals surface area contributed by atoms with Crippen molar-refractivity contribution in [2.45, 2.75) is 40.2 Å². The van der Waals surface area contributed by atoms with Crippen molar-refractivity contribution in [3.63, 3.8) is 0 Å². The highest BCUT2D eigenvalue weighted by atomic mass is 16.2. The average Bonchev–Trinajstić information content (AvgIpc) is 2.43. The van der Waals surface area contributed by atoms with Crippen molar-refractivity contribution >= 4 is 11.7 Å². The molecule has 0 spiro atoms. The first-order chi connectivity index (χ1) is 9.02.